The highest BCUT2D eigenvalue weighted by Crippen LogP contribution is 2.39. The van der Waals surface area contributed by atoms with Crippen molar-refractivity contribution in [3.8, 4) is 0 Å². The molecule has 1 saturated carbocycles. The van der Waals surface area contributed by atoms with E-state index in [4.69, 9.17) is 5.73 Å². The fraction of sp³-hybridized carbons (Fsp3) is 0.412. The summed E-state index contributed by atoms with van der Waals surface area (Å²) < 4.78 is 2.25. The molecule has 1 aliphatic carbocycles. The maximum Gasteiger partial charge on any atom is 0.0473 e. The summed E-state index contributed by atoms with van der Waals surface area (Å²) in [5, 5.41) is 0. The standard InChI is InChI=1S/C17H22N2/c1-12-3-4-13(2)16(9-12)11-19-8-7-15(10-19)17(18)14-5-6-14/h3-4,7-10,14,17H,5-6,11,18H2,1-2H3. The fourth-order valence-corrected chi connectivity index (χ4v) is 2.65. The number of hydrogen-bond acceptors (Lipinski definition) is 1. The van der Waals surface area contributed by atoms with Gasteiger partial charge in [-0.25, -0.2) is 0 Å². The quantitative estimate of drug-likeness (QED) is 0.888. The molecule has 0 spiro atoms. The van der Waals surface area contributed by atoms with E-state index in [1.807, 2.05) is 0 Å². The van der Waals surface area contributed by atoms with Gasteiger partial charge in [-0.15, -0.1) is 0 Å². The summed E-state index contributed by atoms with van der Waals surface area (Å²) in [5.41, 5.74) is 11.6. The number of nitrogens with two attached hydrogens (primary N) is 1. The van der Waals surface area contributed by atoms with Gasteiger partial charge in [-0.05, 0) is 55.4 Å². The average Bonchev–Trinajstić information content (AvgIpc) is 3.13. The zero-order valence-electron chi connectivity index (χ0n) is 11.8. The molecular weight excluding hydrogens is 232 g/mol. The number of aromatic nitrogens is 1. The van der Waals surface area contributed by atoms with Crippen LogP contribution in [0.4, 0.5) is 0 Å². The van der Waals surface area contributed by atoms with Gasteiger partial charge in [0.05, 0.1) is 0 Å². The van der Waals surface area contributed by atoms with Crippen LogP contribution in [-0.2, 0) is 6.54 Å². The monoisotopic (exact) mass is 254 g/mol. The van der Waals surface area contributed by atoms with Crippen molar-refractivity contribution >= 4 is 0 Å². The van der Waals surface area contributed by atoms with E-state index in [0.29, 0.717) is 0 Å². The van der Waals surface area contributed by atoms with Crippen molar-refractivity contribution in [3.63, 3.8) is 0 Å². The normalized spacial score (nSPS) is 16.6. The van der Waals surface area contributed by atoms with E-state index in [0.717, 1.165) is 12.5 Å². The summed E-state index contributed by atoms with van der Waals surface area (Å²) in [6.07, 6.45) is 6.96. The lowest BCUT2D eigenvalue weighted by Crippen LogP contribution is -2.11. The van der Waals surface area contributed by atoms with Crippen molar-refractivity contribution in [2.75, 3.05) is 0 Å². The molecule has 1 aromatic heterocycles. The van der Waals surface area contributed by atoms with Gasteiger partial charge >= 0.3 is 0 Å². The lowest BCUT2D eigenvalue weighted by molar-refractivity contribution is 0.630. The predicted octanol–water partition coefficient (Wildman–Crippen LogP) is 3.56. The smallest absolute Gasteiger partial charge is 0.0473 e. The van der Waals surface area contributed by atoms with Gasteiger partial charge in [0.25, 0.3) is 0 Å². The third kappa shape index (κ3) is 2.74. The van der Waals surface area contributed by atoms with Crippen LogP contribution in [0.5, 0.6) is 0 Å². The number of rotatable bonds is 4. The molecule has 1 heterocycles. The average molecular weight is 254 g/mol. The van der Waals surface area contributed by atoms with Crippen LogP contribution in [0.25, 0.3) is 0 Å². The van der Waals surface area contributed by atoms with Crippen LogP contribution >= 0.6 is 0 Å². The first-order valence-corrected chi connectivity index (χ1v) is 7.11. The van der Waals surface area contributed by atoms with Crippen LogP contribution in [0.1, 0.15) is 41.1 Å². The lowest BCUT2D eigenvalue weighted by Gasteiger charge is -2.09. The minimum atomic E-state index is 0.236. The molecule has 100 valence electrons. The zero-order valence-corrected chi connectivity index (χ0v) is 11.8. The van der Waals surface area contributed by atoms with E-state index in [2.05, 4.69) is 55.1 Å². The van der Waals surface area contributed by atoms with Crippen molar-refractivity contribution in [1.29, 1.82) is 0 Å². The van der Waals surface area contributed by atoms with E-state index in [-0.39, 0.29) is 6.04 Å². The Kier molecular flexibility index (Phi) is 3.19. The van der Waals surface area contributed by atoms with Crippen molar-refractivity contribution in [1.82, 2.24) is 4.57 Å². The maximum atomic E-state index is 6.25. The zero-order chi connectivity index (χ0) is 13.4. The second-order valence-electron chi connectivity index (χ2n) is 5.91. The van der Waals surface area contributed by atoms with Gasteiger partial charge in [0, 0.05) is 25.0 Å². The van der Waals surface area contributed by atoms with Gasteiger partial charge in [-0.1, -0.05) is 23.8 Å². The highest BCUT2D eigenvalue weighted by atomic mass is 14.9. The summed E-state index contributed by atoms with van der Waals surface area (Å²) in [5.74, 6) is 0.719. The fourth-order valence-electron chi connectivity index (χ4n) is 2.65. The van der Waals surface area contributed by atoms with Gasteiger partial charge in [-0.3, -0.25) is 0 Å². The van der Waals surface area contributed by atoms with E-state index in [1.165, 1.54) is 35.1 Å². The Hall–Kier alpha value is -1.54. The first kappa shape index (κ1) is 12.5. The van der Waals surface area contributed by atoms with E-state index in [9.17, 15) is 0 Å². The first-order chi connectivity index (χ1) is 9.13. The molecule has 0 bridgehead atoms. The van der Waals surface area contributed by atoms with Crippen LogP contribution in [0, 0.1) is 19.8 Å². The van der Waals surface area contributed by atoms with Crippen molar-refractivity contribution in [2.24, 2.45) is 11.7 Å². The number of nitrogens with zero attached hydrogens (tertiary/aromatic N) is 1. The second-order valence-corrected chi connectivity index (χ2v) is 5.91. The molecule has 1 aliphatic rings. The maximum absolute atomic E-state index is 6.25. The minimum absolute atomic E-state index is 0.236. The van der Waals surface area contributed by atoms with Crippen molar-refractivity contribution in [2.45, 2.75) is 39.3 Å². The van der Waals surface area contributed by atoms with Crippen LogP contribution in [0.2, 0.25) is 0 Å². The number of hydrogen-bond donors (Lipinski definition) is 1. The number of aryl methyl sites for hydroxylation is 2. The molecule has 2 nitrogen and oxygen atoms in total. The van der Waals surface area contributed by atoms with Crippen LogP contribution in [0.15, 0.2) is 36.7 Å². The molecule has 1 fully saturated rings. The molecule has 0 saturated heterocycles. The van der Waals surface area contributed by atoms with Crippen LogP contribution in [-0.4, -0.2) is 4.57 Å². The minimum Gasteiger partial charge on any atom is -0.350 e. The van der Waals surface area contributed by atoms with Gasteiger partial charge in [0.15, 0.2) is 0 Å². The molecule has 0 radical (unpaired) electrons. The summed E-state index contributed by atoms with van der Waals surface area (Å²) in [4.78, 5) is 0. The third-order valence-electron chi connectivity index (χ3n) is 4.15. The summed E-state index contributed by atoms with van der Waals surface area (Å²) >= 11 is 0. The van der Waals surface area contributed by atoms with E-state index in [1.54, 1.807) is 0 Å². The molecule has 1 unspecified atom stereocenters. The summed E-state index contributed by atoms with van der Waals surface area (Å²) in [7, 11) is 0. The highest BCUT2D eigenvalue weighted by molar-refractivity contribution is 5.31. The Morgan fingerprint density at radius 2 is 2.05 bits per heavy atom. The molecule has 0 amide bonds. The third-order valence-corrected chi connectivity index (χ3v) is 4.15. The second kappa shape index (κ2) is 4.86. The number of benzene rings is 1. The molecule has 1 aromatic carbocycles. The summed E-state index contributed by atoms with van der Waals surface area (Å²) in [6.45, 7) is 5.26. The molecule has 2 aromatic rings. The molecule has 2 heteroatoms. The van der Waals surface area contributed by atoms with Crippen LogP contribution in [0.3, 0.4) is 0 Å². The van der Waals surface area contributed by atoms with Gasteiger partial charge in [0.2, 0.25) is 0 Å². The van der Waals surface area contributed by atoms with Crippen molar-refractivity contribution in [3.05, 3.63) is 58.9 Å². The molecule has 19 heavy (non-hydrogen) atoms. The molecule has 1 atom stereocenters. The Labute approximate surface area is 115 Å². The van der Waals surface area contributed by atoms with E-state index >= 15 is 0 Å². The summed E-state index contributed by atoms with van der Waals surface area (Å²) in [6, 6.07) is 9.05. The Morgan fingerprint density at radius 1 is 1.26 bits per heavy atom. The molecule has 3 rings (SSSR count). The Balaban J connectivity index is 1.77. The SMILES string of the molecule is Cc1ccc(C)c(Cn2ccc(C(N)C3CC3)c2)c1. The van der Waals surface area contributed by atoms with Crippen molar-refractivity contribution < 1.29 is 0 Å². The molecular formula is C17H22N2. The lowest BCUT2D eigenvalue weighted by atomic mass is 10.1. The topological polar surface area (TPSA) is 30.9 Å². The Morgan fingerprint density at radius 3 is 2.79 bits per heavy atom. The predicted molar refractivity (Wildman–Crippen MR) is 79.1 cm³/mol. The van der Waals surface area contributed by atoms with Gasteiger partial charge < -0.3 is 10.3 Å². The molecule has 2 N–H and O–H groups in total. The van der Waals surface area contributed by atoms with Gasteiger partial charge in [-0.2, -0.15) is 0 Å². The Bertz CT molecular complexity index is 579. The molecule has 0 aliphatic heterocycles. The van der Waals surface area contributed by atoms with Crippen LogP contribution < -0.4 is 5.73 Å². The van der Waals surface area contributed by atoms with E-state index < -0.39 is 0 Å². The van der Waals surface area contributed by atoms with Gasteiger partial charge in [0.1, 0.15) is 0 Å². The first-order valence-electron chi connectivity index (χ1n) is 7.11. The largest absolute Gasteiger partial charge is 0.350 e. The highest BCUT2D eigenvalue weighted by Gasteiger charge is 2.29.